The molecule has 5 nitrogen and oxygen atoms in total. The van der Waals surface area contributed by atoms with Gasteiger partial charge in [-0.2, -0.15) is 9.49 Å². The maximum atomic E-state index is 12.8. The van der Waals surface area contributed by atoms with Crippen molar-refractivity contribution in [2.24, 2.45) is 7.05 Å². The van der Waals surface area contributed by atoms with Gasteiger partial charge in [-0.3, -0.25) is 4.68 Å². The summed E-state index contributed by atoms with van der Waals surface area (Å²) in [6, 6.07) is 1.26. The van der Waals surface area contributed by atoms with E-state index in [-0.39, 0.29) is 0 Å². The highest BCUT2D eigenvalue weighted by atomic mass is 19.1. The van der Waals surface area contributed by atoms with Crippen LogP contribution in [0.2, 0.25) is 0 Å². The zero-order valence-electron chi connectivity index (χ0n) is 10.0. The molecular formula is C11H14FN5. The molecule has 2 heterocycles. The second-order valence-electron chi connectivity index (χ2n) is 3.85. The molecule has 0 aliphatic carbocycles. The van der Waals surface area contributed by atoms with Gasteiger partial charge in [-0.1, -0.05) is 0 Å². The van der Waals surface area contributed by atoms with Gasteiger partial charge >= 0.3 is 0 Å². The number of nitrogens with zero attached hydrogens (tertiary/aromatic N) is 4. The van der Waals surface area contributed by atoms with E-state index in [9.17, 15) is 4.39 Å². The van der Waals surface area contributed by atoms with Gasteiger partial charge in [-0.15, -0.1) is 0 Å². The summed E-state index contributed by atoms with van der Waals surface area (Å²) >= 11 is 0. The number of hydrogen-bond donors (Lipinski definition) is 1. The molecular weight excluding hydrogens is 221 g/mol. The smallest absolute Gasteiger partial charge is 0.217 e. The average molecular weight is 235 g/mol. The van der Waals surface area contributed by atoms with Crippen LogP contribution in [0.5, 0.6) is 0 Å². The highest BCUT2D eigenvalue weighted by Crippen LogP contribution is 2.13. The molecule has 2 aromatic rings. The van der Waals surface area contributed by atoms with Gasteiger partial charge < -0.3 is 5.32 Å². The molecule has 0 aromatic carbocycles. The molecule has 6 heteroatoms. The van der Waals surface area contributed by atoms with E-state index < -0.39 is 5.95 Å². The van der Waals surface area contributed by atoms with E-state index in [2.05, 4.69) is 20.4 Å². The SMILES string of the molecule is Cc1nn(C)c(C)c1CNc1cc(F)ncn1. The molecule has 0 spiro atoms. The normalized spacial score (nSPS) is 10.6. The van der Waals surface area contributed by atoms with Crippen LogP contribution < -0.4 is 5.32 Å². The van der Waals surface area contributed by atoms with Crippen LogP contribution in [0.3, 0.4) is 0 Å². The Morgan fingerprint density at radius 3 is 2.71 bits per heavy atom. The second-order valence-corrected chi connectivity index (χ2v) is 3.85. The maximum Gasteiger partial charge on any atom is 0.217 e. The van der Waals surface area contributed by atoms with Crippen molar-refractivity contribution in [1.29, 1.82) is 0 Å². The summed E-state index contributed by atoms with van der Waals surface area (Å²) in [5, 5.41) is 7.36. The molecule has 0 unspecified atom stereocenters. The molecule has 2 aromatic heterocycles. The standard InChI is InChI=1S/C11H14FN5/c1-7-9(8(2)17(3)16-7)5-13-11-4-10(12)14-6-15-11/h4,6H,5H2,1-3H3,(H,13,14,15). The number of hydrogen-bond acceptors (Lipinski definition) is 4. The van der Waals surface area contributed by atoms with Crippen LogP contribution in [0, 0.1) is 19.8 Å². The molecule has 17 heavy (non-hydrogen) atoms. The lowest BCUT2D eigenvalue weighted by molar-refractivity contribution is 0.580. The first-order valence-corrected chi connectivity index (χ1v) is 5.28. The maximum absolute atomic E-state index is 12.8. The third kappa shape index (κ3) is 2.41. The lowest BCUT2D eigenvalue weighted by Crippen LogP contribution is -2.04. The van der Waals surface area contributed by atoms with Gasteiger partial charge in [0.2, 0.25) is 5.95 Å². The van der Waals surface area contributed by atoms with Gasteiger partial charge in [0.15, 0.2) is 0 Å². The molecule has 0 aliphatic heterocycles. The fourth-order valence-electron chi connectivity index (χ4n) is 1.68. The molecule has 0 atom stereocenters. The highest BCUT2D eigenvalue weighted by Gasteiger charge is 2.09. The minimum Gasteiger partial charge on any atom is -0.366 e. The Hall–Kier alpha value is -1.98. The molecule has 0 saturated carbocycles. The number of aryl methyl sites for hydroxylation is 2. The predicted molar refractivity (Wildman–Crippen MR) is 62.0 cm³/mol. The summed E-state index contributed by atoms with van der Waals surface area (Å²) in [5.74, 6) is -0.0673. The fraction of sp³-hybridized carbons (Fsp3) is 0.364. The zero-order chi connectivity index (χ0) is 12.4. The topological polar surface area (TPSA) is 55.6 Å². The molecule has 90 valence electrons. The van der Waals surface area contributed by atoms with E-state index in [4.69, 9.17) is 0 Å². The molecule has 0 aliphatic rings. The van der Waals surface area contributed by atoms with Gasteiger partial charge in [0.1, 0.15) is 12.1 Å². The van der Waals surface area contributed by atoms with Crippen molar-refractivity contribution in [1.82, 2.24) is 19.7 Å². The molecule has 1 N–H and O–H groups in total. The van der Waals surface area contributed by atoms with E-state index in [1.165, 1.54) is 12.4 Å². The van der Waals surface area contributed by atoms with Crippen molar-refractivity contribution in [3.8, 4) is 0 Å². The van der Waals surface area contributed by atoms with Gasteiger partial charge in [0, 0.05) is 30.9 Å². The number of halogens is 1. The summed E-state index contributed by atoms with van der Waals surface area (Å²) in [6.07, 6.45) is 1.20. The van der Waals surface area contributed by atoms with Gasteiger partial charge in [0.05, 0.1) is 5.69 Å². The number of anilines is 1. The predicted octanol–water partition coefficient (Wildman–Crippen LogP) is 1.58. The Bertz CT molecular complexity index is 535. The van der Waals surface area contributed by atoms with Crippen LogP contribution in [-0.4, -0.2) is 19.7 Å². The summed E-state index contributed by atoms with van der Waals surface area (Å²) < 4.78 is 14.7. The first-order chi connectivity index (χ1) is 8.08. The Kier molecular flexibility index (Phi) is 3.03. The van der Waals surface area contributed by atoms with E-state index in [1.54, 1.807) is 0 Å². The minimum absolute atomic E-state index is 0.472. The largest absolute Gasteiger partial charge is 0.366 e. The van der Waals surface area contributed by atoms with Crippen molar-refractivity contribution in [3.05, 3.63) is 35.3 Å². The average Bonchev–Trinajstić information content (AvgIpc) is 2.51. The zero-order valence-corrected chi connectivity index (χ0v) is 10.0. The van der Waals surface area contributed by atoms with Crippen molar-refractivity contribution >= 4 is 5.82 Å². The highest BCUT2D eigenvalue weighted by molar-refractivity contribution is 5.36. The molecule has 0 saturated heterocycles. The minimum atomic E-state index is -0.540. The Morgan fingerprint density at radius 2 is 2.12 bits per heavy atom. The van der Waals surface area contributed by atoms with Crippen molar-refractivity contribution < 1.29 is 4.39 Å². The van der Waals surface area contributed by atoms with Crippen LogP contribution in [0.4, 0.5) is 10.2 Å². The first-order valence-electron chi connectivity index (χ1n) is 5.28. The molecule has 0 bridgehead atoms. The number of rotatable bonds is 3. The van der Waals surface area contributed by atoms with E-state index >= 15 is 0 Å². The van der Waals surface area contributed by atoms with Crippen molar-refractivity contribution in [2.75, 3.05) is 5.32 Å². The third-order valence-electron chi connectivity index (χ3n) is 2.74. The van der Waals surface area contributed by atoms with Crippen molar-refractivity contribution in [2.45, 2.75) is 20.4 Å². The monoisotopic (exact) mass is 235 g/mol. The molecule has 0 amide bonds. The lowest BCUT2D eigenvalue weighted by Gasteiger charge is -2.05. The molecule has 0 radical (unpaired) electrons. The number of nitrogens with one attached hydrogen (secondary N) is 1. The van der Waals surface area contributed by atoms with Crippen LogP contribution in [-0.2, 0) is 13.6 Å². The van der Waals surface area contributed by atoms with Crippen LogP contribution >= 0.6 is 0 Å². The van der Waals surface area contributed by atoms with E-state index in [0.29, 0.717) is 12.4 Å². The van der Waals surface area contributed by atoms with Crippen molar-refractivity contribution in [3.63, 3.8) is 0 Å². The number of aromatic nitrogens is 4. The fourth-order valence-corrected chi connectivity index (χ4v) is 1.68. The Balaban J connectivity index is 2.12. The summed E-state index contributed by atoms with van der Waals surface area (Å²) in [6.45, 7) is 4.52. The first kappa shape index (κ1) is 11.5. The summed E-state index contributed by atoms with van der Waals surface area (Å²) in [5.41, 5.74) is 3.16. The lowest BCUT2D eigenvalue weighted by atomic mass is 10.2. The summed E-state index contributed by atoms with van der Waals surface area (Å²) in [7, 11) is 1.90. The van der Waals surface area contributed by atoms with Gasteiger partial charge in [-0.05, 0) is 13.8 Å². The van der Waals surface area contributed by atoms with Crippen LogP contribution in [0.1, 0.15) is 17.0 Å². The molecule has 0 fully saturated rings. The van der Waals surface area contributed by atoms with Crippen LogP contribution in [0.25, 0.3) is 0 Å². The third-order valence-corrected chi connectivity index (χ3v) is 2.74. The van der Waals surface area contributed by atoms with Gasteiger partial charge in [0.25, 0.3) is 0 Å². The quantitative estimate of drug-likeness (QED) is 0.821. The second kappa shape index (κ2) is 4.48. The van der Waals surface area contributed by atoms with Gasteiger partial charge in [-0.25, -0.2) is 9.97 Å². The van der Waals surface area contributed by atoms with E-state index in [0.717, 1.165) is 17.0 Å². The van der Waals surface area contributed by atoms with E-state index in [1.807, 2.05) is 25.6 Å². The Morgan fingerprint density at radius 1 is 1.35 bits per heavy atom. The summed E-state index contributed by atoms with van der Waals surface area (Å²) in [4.78, 5) is 7.33. The Labute approximate surface area is 98.7 Å². The molecule has 2 rings (SSSR count). The van der Waals surface area contributed by atoms with Crippen LogP contribution in [0.15, 0.2) is 12.4 Å².